The summed E-state index contributed by atoms with van der Waals surface area (Å²) in [6, 6.07) is 4.07. The highest BCUT2D eigenvalue weighted by molar-refractivity contribution is 5.78. The number of carboxylic acid groups (broad SMARTS) is 1. The first-order valence-electron chi connectivity index (χ1n) is 11.2. The van der Waals surface area contributed by atoms with Crippen LogP contribution in [0.2, 0.25) is 0 Å². The number of hydrogen-bond acceptors (Lipinski definition) is 4. The van der Waals surface area contributed by atoms with Crippen LogP contribution in [0.4, 0.5) is 0 Å². The average Bonchev–Trinajstić information content (AvgIpc) is 2.65. The molecular formula is C25H34O5. The zero-order valence-electron chi connectivity index (χ0n) is 18.6. The Kier molecular flexibility index (Phi) is 6.89. The summed E-state index contributed by atoms with van der Waals surface area (Å²) in [7, 11) is 0. The van der Waals surface area contributed by atoms with Gasteiger partial charge in [-0.2, -0.15) is 0 Å². The summed E-state index contributed by atoms with van der Waals surface area (Å²) in [4.78, 5) is 23.2. The number of esters is 1. The van der Waals surface area contributed by atoms with Crippen LogP contribution < -0.4 is 9.47 Å². The normalized spacial score (nSPS) is 21.7. The van der Waals surface area contributed by atoms with Gasteiger partial charge < -0.3 is 14.6 Å². The number of fused-ring (bicyclic) bond motifs is 3. The molecule has 0 radical (unpaired) electrons. The SMILES string of the molecule is CCCCCc1cc(OC(=O)CCC(=O)O)c2c(c1)OC(C)(C)C1CCC(C)=CC21. The van der Waals surface area contributed by atoms with Crippen molar-refractivity contribution in [3.63, 3.8) is 0 Å². The molecule has 1 aromatic rings. The van der Waals surface area contributed by atoms with Gasteiger partial charge in [0.2, 0.25) is 0 Å². The van der Waals surface area contributed by atoms with E-state index in [9.17, 15) is 9.59 Å². The van der Waals surface area contributed by atoms with E-state index in [1.165, 1.54) is 5.57 Å². The maximum absolute atomic E-state index is 12.4. The number of unbranched alkanes of at least 4 members (excludes halogenated alkanes) is 2. The highest BCUT2D eigenvalue weighted by Crippen LogP contribution is 2.53. The quantitative estimate of drug-likeness (QED) is 0.252. The Labute approximate surface area is 179 Å². The lowest BCUT2D eigenvalue weighted by atomic mass is 9.68. The van der Waals surface area contributed by atoms with Crippen LogP contribution in [0.25, 0.3) is 0 Å². The van der Waals surface area contributed by atoms with Gasteiger partial charge in [0.05, 0.1) is 12.8 Å². The first-order chi connectivity index (χ1) is 14.2. The fourth-order valence-electron chi connectivity index (χ4n) is 4.75. The molecule has 0 amide bonds. The van der Waals surface area contributed by atoms with Crippen LogP contribution in [0.3, 0.4) is 0 Å². The third-order valence-corrected chi connectivity index (χ3v) is 6.35. The first kappa shape index (κ1) is 22.4. The van der Waals surface area contributed by atoms with Gasteiger partial charge in [-0.15, -0.1) is 0 Å². The summed E-state index contributed by atoms with van der Waals surface area (Å²) in [5.41, 5.74) is 3.06. The molecule has 0 aromatic heterocycles. The van der Waals surface area contributed by atoms with Crippen LogP contribution in [-0.2, 0) is 16.0 Å². The Bertz CT molecular complexity index is 836. The van der Waals surface area contributed by atoms with Gasteiger partial charge in [-0.25, -0.2) is 0 Å². The van der Waals surface area contributed by atoms with Crippen molar-refractivity contribution in [1.82, 2.24) is 0 Å². The second-order valence-corrected chi connectivity index (χ2v) is 9.22. The monoisotopic (exact) mass is 414 g/mol. The van der Waals surface area contributed by atoms with E-state index in [-0.39, 0.29) is 24.4 Å². The van der Waals surface area contributed by atoms with Crippen molar-refractivity contribution in [2.24, 2.45) is 5.92 Å². The molecule has 5 nitrogen and oxygen atoms in total. The molecule has 0 spiro atoms. The van der Waals surface area contributed by atoms with E-state index in [4.69, 9.17) is 14.6 Å². The van der Waals surface area contributed by atoms with Crippen molar-refractivity contribution in [1.29, 1.82) is 0 Å². The van der Waals surface area contributed by atoms with E-state index in [0.717, 1.165) is 55.4 Å². The standard InChI is InChI=1S/C25H34O5/c1-5-6-7-8-17-14-20(29-23(28)12-11-22(26)27)24-18-13-16(2)9-10-19(18)25(3,4)30-21(24)15-17/h13-15,18-19H,5-12H2,1-4H3,(H,26,27). The lowest BCUT2D eigenvalue weighted by Crippen LogP contribution is -2.45. The summed E-state index contributed by atoms with van der Waals surface area (Å²) >= 11 is 0. The number of carbonyl (C=O) groups excluding carboxylic acids is 1. The van der Waals surface area contributed by atoms with Crippen LogP contribution in [0, 0.1) is 5.92 Å². The molecule has 1 aromatic carbocycles. The number of rotatable bonds is 8. The number of hydrogen-bond donors (Lipinski definition) is 1. The lowest BCUT2D eigenvalue weighted by Gasteiger charge is -2.46. The molecular weight excluding hydrogens is 380 g/mol. The average molecular weight is 415 g/mol. The minimum Gasteiger partial charge on any atom is -0.487 e. The second-order valence-electron chi connectivity index (χ2n) is 9.22. The summed E-state index contributed by atoms with van der Waals surface area (Å²) in [6.45, 7) is 8.61. The van der Waals surface area contributed by atoms with Gasteiger partial charge in [0.15, 0.2) is 0 Å². The third kappa shape index (κ3) is 5.05. The van der Waals surface area contributed by atoms with E-state index in [0.29, 0.717) is 11.7 Å². The number of carbonyl (C=O) groups is 2. The van der Waals surface area contributed by atoms with Gasteiger partial charge >= 0.3 is 11.9 Å². The molecule has 1 heterocycles. The Morgan fingerprint density at radius 2 is 2.00 bits per heavy atom. The smallest absolute Gasteiger partial charge is 0.311 e. The fraction of sp³-hybridized carbons (Fsp3) is 0.600. The molecule has 0 saturated carbocycles. The molecule has 0 saturated heterocycles. The van der Waals surface area contributed by atoms with E-state index in [1.54, 1.807) is 0 Å². The summed E-state index contributed by atoms with van der Waals surface area (Å²) in [6.07, 6.45) is 8.25. The van der Waals surface area contributed by atoms with E-state index in [1.807, 2.05) is 6.07 Å². The Morgan fingerprint density at radius 3 is 2.70 bits per heavy atom. The van der Waals surface area contributed by atoms with Crippen molar-refractivity contribution >= 4 is 11.9 Å². The first-order valence-corrected chi connectivity index (χ1v) is 11.2. The molecule has 2 atom stereocenters. The highest BCUT2D eigenvalue weighted by atomic mass is 16.5. The van der Waals surface area contributed by atoms with Crippen LogP contribution in [0.1, 0.15) is 89.7 Å². The zero-order chi connectivity index (χ0) is 21.9. The number of carboxylic acids is 1. The minimum absolute atomic E-state index is 0.129. The van der Waals surface area contributed by atoms with Crippen LogP contribution in [0.5, 0.6) is 11.5 Å². The Balaban J connectivity index is 2.01. The van der Waals surface area contributed by atoms with Gasteiger partial charge in [0.1, 0.15) is 17.1 Å². The molecule has 164 valence electrons. The van der Waals surface area contributed by atoms with E-state index >= 15 is 0 Å². The van der Waals surface area contributed by atoms with Gasteiger partial charge in [-0.3, -0.25) is 9.59 Å². The van der Waals surface area contributed by atoms with E-state index < -0.39 is 11.9 Å². The summed E-state index contributed by atoms with van der Waals surface area (Å²) < 4.78 is 12.2. The molecule has 5 heteroatoms. The highest BCUT2D eigenvalue weighted by Gasteiger charge is 2.45. The van der Waals surface area contributed by atoms with Gasteiger partial charge in [-0.1, -0.05) is 31.4 Å². The summed E-state index contributed by atoms with van der Waals surface area (Å²) in [5.74, 6) is 0.245. The number of benzene rings is 1. The summed E-state index contributed by atoms with van der Waals surface area (Å²) in [5, 5.41) is 8.89. The van der Waals surface area contributed by atoms with Gasteiger partial charge in [0, 0.05) is 17.4 Å². The molecule has 30 heavy (non-hydrogen) atoms. The third-order valence-electron chi connectivity index (χ3n) is 6.35. The molecule has 0 fully saturated rings. The molecule has 3 rings (SSSR count). The molecule has 1 N–H and O–H groups in total. The van der Waals surface area contributed by atoms with Crippen molar-refractivity contribution in [3.8, 4) is 11.5 Å². The van der Waals surface area contributed by atoms with Crippen LogP contribution in [-0.4, -0.2) is 22.6 Å². The van der Waals surface area contributed by atoms with E-state index in [2.05, 4.69) is 39.8 Å². The maximum Gasteiger partial charge on any atom is 0.311 e. The second kappa shape index (κ2) is 9.23. The predicted octanol–water partition coefficient (Wildman–Crippen LogP) is 5.80. The topological polar surface area (TPSA) is 72.8 Å². The largest absolute Gasteiger partial charge is 0.487 e. The van der Waals surface area contributed by atoms with Crippen molar-refractivity contribution < 1.29 is 24.2 Å². The fourth-order valence-corrected chi connectivity index (χ4v) is 4.75. The number of aryl methyl sites for hydroxylation is 1. The number of ether oxygens (including phenoxy) is 2. The van der Waals surface area contributed by atoms with Gasteiger partial charge in [0.25, 0.3) is 0 Å². The van der Waals surface area contributed by atoms with Crippen LogP contribution in [0.15, 0.2) is 23.8 Å². The van der Waals surface area contributed by atoms with Crippen molar-refractivity contribution in [3.05, 3.63) is 34.9 Å². The minimum atomic E-state index is -1.00. The molecule has 2 unspecified atom stereocenters. The Morgan fingerprint density at radius 1 is 1.23 bits per heavy atom. The number of aliphatic carboxylic acids is 1. The molecule has 2 aliphatic rings. The van der Waals surface area contributed by atoms with Crippen molar-refractivity contribution in [2.45, 2.75) is 90.6 Å². The molecule has 0 bridgehead atoms. The lowest BCUT2D eigenvalue weighted by molar-refractivity contribution is -0.142. The van der Waals surface area contributed by atoms with Gasteiger partial charge in [-0.05, 0) is 64.2 Å². The molecule has 1 aliphatic carbocycles. The zero-order valence-corrected chi connectivity index (χ0v) is 18.6. The van der Waals surface area contributed by atoms with Crippen molar-refractivity contribution in [2.75, 3.05) is 0 Å². The number of allylic oxidation sites excluding steroid dienone is 2. The predicted molar refractivity (Wildman–Crippen MR) is 116 cm³/mol. The molecule has 1 aliphatic heterocycles. The Hall–Kier alpha value is -2.30. The maximum atomic E-state index is 12.4. The van der Waals surface area contributed by atoms with Crippen LogP contribution >= 0.6 is 0 Å².